The number of piperidine rings is 1. The minimum absolute atomic E-state index is 0.144. The van der Waals surface area contributed by atoms with Crippen molar-refractivity contribution in [3.8, 4) is 5.75 Å². The van der Waals surface area contributed by atoms with Crippen LogP contribution >= 0.6 is 0 Å². The lowest BCUT2D eigenvalue weighted by atomic mass is 10.1. The molecule has 138 valence electrons. The minimum atomic E-state index is -0.528. The molecule has 0 aromatic heterocycles. The van der Waals surface area contributed by atoms with Crippen LogP contribution in [0.3, 0.4) is 0 Å². The highest BCUT2D eigenvalue weighted by Crippen LogP contribution is 2.29. The zero-order chi connectivity index (χ0) is 18.2. The SMILES string of the molecule is CCOc1ccc(C(=O)N2CCC(OCCCN)CC2)cc1[N+](=O)[O-]. The summed E-state index contributed by atoms with van der Waals surface area (Å²) in [5, 5.41) is 11.2. The average Bonchev–Trinajstić information content (AvgIpc) is 2.62. The van der Waals surface area contributed by atoms with Crippen LogP contribution in [0.5, 0.6) is 5.75 Å². The van der Waals surface area contributed by atoms with Crippen LogP contribution in [0, 0.1) is 10.1 Å². The molecule has 0 bridgehead atoms. The van der Waals surface area contributed by atoms with Gasteiger partial charge in [-0.15, -0.1) is 0 Å². The molecule has 8 heteroatoms. The van der Waals surface area contributed by atoms with Crippen molar-refractivity contribution in [2.75, 3.05) is 32.8 Å². The summed E-state index contributed by atoms with van der Waals surface area (Å²) in [5.41, 5.74) is 5.56. The number of nitrogens with two attached hydrogens (primary N) is 1. The van der Waals surface area contributed by atoms with Crippen LogP contribution in [0.15, 0.2) is 18.2 Å². The van der Waals surface area contributed by atoms with Crippen molar-refractivity contribution in [1.82, 2.24) is 4.90 Å². The van der Waals surface area contributed by atoms with Crippen molar-refractivity contribution in [3.05, 3.63) is 33.9 Å². The third-order valence-corrected chi connectivity index (χ3v) is 4.13. The van der Waals surface area contributed by atoms with Crippen molar-refractivity contribution < 1.29 is 19.2 Å². The monoisotopic (exact) mass is 351 g/mol. The van der Waals surface area contributed by atoms with Crippen molar-refractivity contribution in [1.29, 1.82) is 0 Å². The van der Waals surface area contributed by atoms with E-state index in [4.69, 9.17) is 15.2 Å². The van der Waals surface area contributed by atoms with Crippen molar-refractivity contribution in [2.24, 2.45) is 5.73 Å². The Bertz CT molecular complexity index is 600. The molecule has 1 aliphatic heterocycles. The van der Waals surface area contributed by atoms with Crippen LogP contribution in [-0.4, -0.2) is 54.7 Å². The molecule has 1 aromatic carbocycles. The van der Waals surface area contributed by atoms with Gasteiger partial charge in [-0.05, 0) is 44.9 Å². The molecule has 1 aromatic rings. The van der Waals surface area contributed by atoms with Gasteiger partial charge in [-0.1, -0.05) is 0 Å². The van der Waals surface area contributed by atoms with E-state index in [-0.39, 0.29) is 23.4 Å². The highest BCUT2D eigenvalue weighted by Gasteiger charge is 2.26. The first-order valence-electron chi connectivity index (χ1n) is 8.59. The van der Waals surface area contributed by atoms with Crippen LogP contribution in [0.4, 0.5) is 5.69 Å². The van der Waals surface area contributed by atoms with Crippen LogP contribution in [0.2, 0.25) is 0 Å². The molecule has 2 N–H and O–H groups in total. The highest BCUT2D eigenvalue weighted by molar-refractivity contribution is 5.95. The molecule has 0 atom stereocenters. The van der Waals surface area contributed by atoms with E-state index in [2.05, 4.69) is 0 Å². The number of nitro benzene ring substituents is 1. The molecule has 0 aliphatic carbocycles. The first kappa shape index (κ1) is 19.1. The Balaban J connectivity index is 1.99. The Morgan fingerprint density at radius 1 is 1.40 bits per heavy atom. The van der Waals surface area contributed by atoms with Gasteiger partial charge in [0.2, 0.25) is 0 Å². The van der Waals surface area contributed by atoms with Gasteiger partial charge in [0.15, 0.2) is 5.75 Å². The molecule has 1 fully saturated rings. The number of carbonyl (C=O) groups excluding carboxylic acids is 1. The number of nitrogens with zero attached hydrogens (tertiary/aromatic N) is 2. The van der Waals surface area contributed by atoms with Crippen LogP contribution in [0.1, 0.15) is 36.5 Å². The standard InChI is InChI=1S/C17H25N3O5/c1-2-24-16-5-4-13(12-15(16)20(22)23)17(21)19-9-6-14(7-10-19)25-11-3-8-18/h4-5,12,14H,2-3,6-11,18H2,1H3. The summed E-state index contributed by atoms with van der Waals surface area (Å²) in [5.74, 6) is -0.0254. The van der Waals surface area contributed by atoms with Gasteiger partial charge in [0.25, 0.3) is 5.91 Å². The number of benzene rings is 1. The van der Waals surface area contributed by atoms with Crippen LogP contribution in [0.25, 0.3) is 0 Å². The van der Waals surface area contributed by atoms with E-state index in [0.717, 1.165) is 19.3 Å². The number of likely N-dealkylation sites (tertiary alicyclic amines) is 1. The van der Waals surface area contributed by atoms with E-state index >= 15 is 0 Å². The first-order valence-corrected chi connectivity index (χ1v) is 8.59. The topological polar surface area (TPSA) is 108 Å². The van der Waals surface area contributed by atoms with Gasteiger partial charge in [0.05, 0.1) is 17.6 Å². The van der Waals surface area contributed by atoms with Crippen molar-refractivity contribution in [2.45, 2.75) is 32.3 Å². The molecule has 1 amide bonds. The summed E-state index contributed by atoms with van der Waals surface area (Å²) in [6.45, 7) is 4.47. The molecule has 0 unspecified atom stereocenters. The summed E-state index contributed by atoms with van der Waals surface area (Å²) >= 11 is 0. The zero-order valence-electron chi connectivity index (χ0n) is 14.5. The summed E-state index contributed by atoms with van der Waals surface area (Å²) in [7, 11) is 0. The summed E-state index contributed by atoms with van der Waals surface area (Å²) in [6.07, 6.45) is 2.49. The lowest BCUT2D eigenvalue weighted by Crippen LogP contribution is -2.41. The van der Waals surface area contributed by atoms with E-state index in [9.17, 15) is 14.9 Å². The highest BCUT2D eigenvalue weighted by atomic mass is 16.6. The molecule has 0 radical (unpaired) electrons. The Morgan fingerprint density at radius 2 is 2.12 bits per heavy atom. The third-order valence-electron chi connectivity index (χ3n) is 4.13. The molecule has 1 saturated heterocycles. The fourth-order valence-electron chi connectivity index (χ4n) is 2.81. The van der Waals surface area contributed by atoms with Gasteiger partial charge in [-0.25, -0.2) is 0 Å². The van der Waals surface area contributed by atoms with Gasteiger partial charge < -0.3 is 20.1 Å². The average molecular weight is 351 g/mol. The number of carbonyl (C=O) groups is 1. The fourth-order valence-corrected chi connectivity index (χ4v) is 2.81. The van der Waals surface area contributed by atoms with Gasteiger partial charge in [0, 0.05) is 31.3 Å². The molecule has 1 aliphatic rings. The zero-order valence-corrected chi connectivity index (χ0v) is 14.5. The molecular formula is C17H25N3O5. The molecule has 25 heavy (non-hydrogen) atoms. The number of amides is 1. The second-order valence-electron chi connectivity index (χ2n) is 5.88. The van der Waals surface area contributed by atoms with Gasteiger partial charge >= 0.3 is 5.69 Å². The molecule has 0 saturated carbocycles. The van der Waals surface area contributed by atoms with E-state index in [1.807, 2.05) is 0 Å². The van der Waals surface area contributed by atoms with Gasteiger partial charge in [-0.3, -0.25) is 14.9 Å². The largest absolute Gasteiger partial charge is 0.487 e. The molecule has 0 spiro atoms. The summed E-state index contributed by atoms with van der Waals surface area (Å²) in [6, 6.07) is 4.35. The lowest BCUT2D eigenvalue weighted by molar-refractivity contribution is -0.385. The first-order chi connectivity index (χ1) is 12.1. The number of rotatable bonds is 8. The third kappa shape index (κ3) is 5.14. The Labute approximate surface area is 147 Å². The summed E-state index contributed by atoms with van der Waals surface area (Å²) < 4.78 is 11.0. The van der Waals surface area contributed by atoms with Gasteiger partial charge in [-0.2, -0.15) is 0 Å². The van der Waals surface area contributed by atoms with Crippen molar-refractivity contribution in [3.63, 3.8) is 0 Å². The Kier molecular flexibility index (Phi) is 7.15. The van der Waals surface area contributed by atoms with Crippen molar-refractivity contribution >= 4 is 11.6 Å². The van der Waals surface area contributed by atoms with E-state index < -0.39 is 4.92 Å². The second-order valence-corrected chi connectivity index (χ2v) is 5.88. The maximum atomic E-state index is 12.6. The number of hydrogen-bond acceptors (Lipinski definition) is 6. The number of hydrogen-bond donors (Lipinski definition) is 1. The smallest absolute Gasteiger partial charge is 0.311 e. The predicted octanol–water partition coefficient (Wildman–Crippen LogP) is 1.96. The van der Waals surface area contributed by atoms with Gasteiger partial charge in [0.1, 0.15) is 0 Å². The number of nitro groups is 1. The fraction of sp³-hybridized carbons (Fsp3) is 0.588. The van der Waals surface area contributed by atoms with E-state index in [1.54, 1.807) is 17.9 Å². The Hall–Kier alpha value is -2.19. The quantitative estimate of drug-likeness (QED) is 0.436. The number of ether oxygens (including phenoxy) is 2. The minimum Gasteiger partial charge on any atom is -0.487 e. The summed E-state index contributed by atoms with van der Waals surface area (Å²) in [4.78, 5) is 25.0. The molecule has 1 heterocycles. The van der Waals surface area contributed by atoms with E-state index in [1.165, 1.54) is 12.1 Å². The van der Waals surface area contributed by atoms with E-state index in [0.29, 0.717) is 38.4 Å². The molecule has 2 rings (SSSR count). The van der Waals surface area contributed by atoms with Crippen LogP contribution in [-0.2, 0) is 4.74 Å². The predicted molar refractivity (Wildman–Crippen MR) is 92.8 cm³/mol. The molecular weight excluding hydrogens is 326 g/mol. The lowest BCUT2D eigenvalue weighted by Gasteiger charge is -2.32. The maximum Gasteiger partial charge on any atom is 0.311 e. The van der Waals surface area contributed by atoms with Crippen LogP contribution < -0.4 is 10.5 Å². The Morgan fingerprint density at radius 3 is 2.72 bits per heavy atom. The maximum absolute atomic E-state index is 12.6. The second kappa shape index (κ2) is 9.33. The normalized spacial score (nSPS) is 15.2. The molecule has 8 nitrogen and oxygen atoms in total.